The molecule has 0 bridgehead atoms. The van der Waals surface area contributed by atoms with Gasteiger partial charge in [-0.3, -0.25) is 4.79 Å². The van der Waals surface area contributed by atoms with E-state index in [1.807, 2.05) is 12.2 Å². The highest BCUT2D eigenvalue weighted by atomic mass is 16.3. The molecular formula is C14H22O2. The van der Waals surface area contributed by atoms with Gasteiger partial charge in [0.1, 0.15) is 0 Å². The lowest BCUT2D eigenvalue weighted by Gasteiger charge is -2.22. The third kappa shape index (κ3) is 4.31. The van der Waals surface area contributed by atoms with E-state index in [9.17, 15) is 9.90 Å². The Morgan fingerprint density at radius 1 is 1.62 bits per heavy atom. The number of carbonyl (C=O) groups excluding carboxylic acids is 1. The zero-order chi connectivity index (χ0) is 12.2. The van der Waals surface area contributed by atoms with Crippen molar-refractivity contribution < 1.29 is 9.90 Å². The van der Waals surface area contributed by atoms with Crippen LogP contribution in [0.5, 0.6) is 0 Å². The van der Waals surface area contributed by atoms with Crippen LogP contribution in [0, 0.1) is 11.8 Å². The molecule has 1 aliphatic carbocycles. The normalized spacial score (nSPS) is 24.0. The first-order valence-corrected chi connectivity index (χ1v) is 6.00. The van der Waals surface area contributed by atoms with Crippen molar-refractivity contribution in [2.24, 2.45) is 11.8 Å². The van der Waals surface area contributed by atoms with E-state index in [-0.39, 0.29) is 11.7 Å². The summed E-state index contributed by atoms with van der Waals surface area (Å²) in [5.41, 5.74) is -0.754. The fourth-order valence-electron chi connectivity index (χ4n) is 2.04. The summed E-state index contributed by atoms with van der Waals surface area (Å²) in [6, 6.07) is 0. The first kappa shape index (κ1) is 13.2. The third-order valence-corrected chi connectivity index (χ3v) is 3.01. The number of aliphatic hydroxyl groups is 1. The summed E-state index contributed by atoms with van der Waals surface area (Å²) in [6.45, 7) is 5.61. The van der Waals surface area contributed by atoms with Crippen LogP contribution in [0.4, 0.5) is 0 Å². The van der Waals surface area contributed by atoms with Crippen LogP contribution in [0.3, 0.4) is 0 Å². The lowest BCUT2D eigenvalue weighted by molar-refractivity contribution is -0.120. The molecule has 1 rings (SSSR count). The van der Waals surface area contributed by atoms with E-state index in [1.54, 1.807) is 26.0 Å². The SMILES string of the molecule is C[C@@H](C/C=C/C(C)(C)O)[C@H]1CCC=CC1=O. The van der Waals surface area contributed by atoms with Crippen LogP contribution in [-0.4, -0.2) is 16.5 Å². The van der Waals surface area contributed by atoms with E-state index in [1.165, 1.54) is 0 Å². The smallest absolute Gasteiger partial charge is 0.158 e. The topological polar surface area (TPSA) is 37.3 Å². The number of hydrogen-bond acceptors (Lipinski definition) is 2. The van der Waals surface area contributed by atoms with E-state index in [4.69, 9.17) is 0 Å². The average Bonchev–Trinajstić information content (AvgIpc) is 2.16. The van der Waals surface area contributed by atoms with Crippen molar-refractivity contribution >= 4 is 5.78 Å². The lowest BCUT2D eigenvalue weighted by atomic mass is 9.81. The second kappa shape index (κ2) is 5.44. The maximum absolute atomic E-state index is 11.6. The minimum Gasteiger partial charge on any atom is -0.386 e. The largest absolute Gasteiger partial charge is 0.386 e. The fraction of sp³-hybridized carbons (Fsp3) is 0.643. The van der Waals surface area contributed by atoms with Crippen molar-refractivity contribution in [2.45, 2.75) is 45.6 Å². The quantitative estimate of drug-likeness (QED) is 0.743. The summed E-state index contributed by atoms with van der Waals surface area (Å²) < 4.78 is 0. The van der Waals surface area contributed by atoms with Crippen molar-refractivity contribution in [3.63, 3.8) is 0 Å². The van der Waals surface area contributed by atoms with E-state index in [0.717, 1.165) is 19.3 Å². The highest BCUT2D eigenvalue weighted by Crippen LogP contribution is 2.26. The van der Waals surface area contributed by atoms with Gasteiger partial charge in [-0.1, -0.05) is 25.2 Å². The highest BCUT2D eigenvalue weighted by molar-refractivity contribution is 5.92. The summed E-state index contributed by atoms with van der Waals surface area (Å²) in [4.78, 5) is 11.6. The fourth-order valence-corrected chi connectivity index (χ4v) is 2.04. The Hall–Kier alpha value is -0.890. The van der Waals surface area contributed by atoms with Crippen LogP contribution in [0.2, 0.25) is 0 Å². The van der Waals surface area contributed by atoms with Gasteiger partial charge in [-0.05, 0) is 45.1 Å². The molecule has 2 atom stereocenters. The van der Waals surface area contributed by atoms with Gasteiger partial charge in [-0.2, -0.15) is 0 Å². The predicted octanol–water partition coefficient (Wildman–Crippen LogP) is 2.88. The summed E-state index contributed by atoms with van der Waals surface area (Å²) in [5, 5.41) is 9.53. The number of hydrogen-bond donors (Lipinski definition) is 1. The molecule has 0 radical (unpaired) electrons. The second-order valence-electron chi connectivity index (χ2n) is 5.26. The molecule has 0 aromatic carbocycles. The lowest BCUT2D eigenvalue weighted by Crippen LogP contribution is -2.22. The Morgan fingerprint density at radius 2 is 2.31 bits per heavy atom. The molecule has 0 fully saturated rings. The molecule has 1 aliphatic rings. The molecule has 0 amide bonds. The monoisotopic (exact) mass is 222 g/mol. The number of carbonyl (C=O) groups is 1. The van der Waals surface area contributed by atoms with Crippen molar-refractivity contribution in [2.75, 3.05) is 0 Å². The Kier molecular flexibility index (Phi) is 4.48. The molecule has 1 N–H and O–H groups in total. The van der Waals surface area contributed by atoms with Crippen LogP contribution in [0.15, 0.2) is 24.3 Å². The third-order valence-electron chi connectivity index (χ3n) is 3.01. The van der Waals surface area contributed by atoms with Gasteiger partial charge in [-0.25, -0.2) is 0 Å². The first-order valence-electron chi connectivity index (χ1n) is 6.00. The number of allylic oxidation sites excluding steroid dienone is 3. The Bertz CT molecular complexity index is 294. The van der Waals surface area contributed by atoms with E-state index in [2.05, 4.69) is 6.92 Å². The first-order chi connectivity index (χ1) is 7.40. The van der Waals surface area contributed by atoms with Gasteiger partial charge in [0.05, 0.1) is 5.60 Å². The predicted molar refractivity (Wildman–Crippen MR) is 66.1 cm³/mol. The second-order valence-corrected chi connectivity index (χ2v) is 5.26. The molecule has 0 aromatic heterocycles. The number of ketones is 1. The van der Waals surface area contributed by atoms with Crippen molar-refractivity contribution in [3.8, 4) is 0 Å². The van der Waals surface area contributed by atoms with E-state index >= 15 is 0 Å². The zero-order valence-electron chi connectivity index (χ0n) is 10.4. The summed E-state index contributed by atoms with van der Waals surface area (Å²) in [7, 11) is 0. The minimum atomic E-state index is -0.754. The molecule has 0 spiro atoms. The number of rotatable bonds is 4. The Morgan fingerprint density at radius 3 is 2.88 bits per heavy atom. The molecule has 0 saturated heterocycles. The van der Waals surface area contributed by atoms with Crippen LogP contribution in [0.1, 0.15) is 40.0 Å². The van der Waals surface area contributed by atoms with Crippen LogP contribution >= 0.6 is 0 Å². The van der Waals surface area contributed by atoms with Crippen molar-refractivity contribution in [1.29, 1.82) is 0 Å². The van der Waals surface area contributed by atoms with Crippen molar-refractivity contribution in [3.05, 3.63) is 24.3 Å². The summed E-state index contributed by atoms with van der Waals surface area (Å²) >= 11 is 0. The van der Waals surface area contributed by atoms with Gasteiger partial charge in [0.25, 0.3) is 0 Å². The van der Waals surface area contributed by atoms with Crippen LogP contribution < -0.4 is 0 Å². The zero-order valence-corrected chi connectivity index (χ0v) is 10.4. The van der Waals surface area contributed by atoms with Gasteiger partial charge in [0.15, 0.2) is 5.78 Å². The van der Waals surface area contributed by atoms with Crippen LogP contribution in [0.25, 0.3) is 0 Å². The minimum absolute atomic E-state index is 0.163. The average molecular weight is 222 g/mol. The van der Waals surface area contributed by atoms with Gasteiger partial charge in [0.2, 0.25) is 0 Å². The Balaban J connectivity index is 2.46. The highest BCUT2D eigenvalue weighted by Gasteiger charge is 2.23. The molecule has 90 valence electrons. The van der Waals surface area contributed by atoms with E-state index < -0.39 is 5.60 Å². The van der Waals surface area contributed by atoms with Crippen molar-refractivity contribution in [1.82, 2.24) is 0 Å². The van der Waals surface area contributed by atoms with Gasteiger partial charge in [-0.15, -0.1) is 0 Å². The maximum Gasteiger partial charge on any atom is 0.158 e. The molecule has 0 unspecified atom stereocenters. The molecule has 0 aromatic rings. The van der Waals surface area contributed by atoms with Gasteiger partial charge < -0.3 is 5.11 Å². The molecule has 0 heterocycles. The van der Waals surface area contributed by atoms with E-state index in [0.29, 0.717) is 5.92 Å². The molecule has 0 aliphatic heterocycles. The molecule has 2 nitrogen and oxygen atoms in total. The standard InChI is InChI=1S/C14H22O2/c1-11(7-6-10-14(2,3)16)12-8-4-5-9-13(12)15/h5-6,9-12,16H,4,7-8H2,1-3H3/b10-6+/t11-,12+/m0/s1. The Labute approximate surface area is 98.1 Å². The molecular weight excluding hydrogens is 200 g/mol. The molecule has 2 heteroatoms. The van der Waals surface area contributed by atoms with Gasteiger partial charge >= 0.3 is 0 Å². The molecule has 0 saturated carbocycles. The van der Waals surface area contributed by atoms with Gasteiger partial charge in [0, 0.05) is 5.92 Å². The summed E-state index contributed by atoms with van der Waals surface area (Å²) in [6.07, 6.45) is 10.3. The maximum atomic E-state index is 11.6. The summed E-state index contributed by atoms with van der Waals surface area (Å²) in [5.74, 6) is 0.780. The van der Waals surface area contributed by atoms with Crippen LogP contribution in [-0.2, 0) is 4.79 Å². The molecule has 16 heavy (non-hydrogen) atoms.